The number of phenolic OH excluding ortho intramolecular Hbond substituents is 3. The molecule has 2 aromatic carbocycles. The van der Waals surface area contributed by atoms with Crippen LogP contribution in [0.2, 0.25) is 0 Å². The highest BCUT2D eigenvalue weighted by atomic mass is 16.3. The first-order valence-corrected chi connectivity index (χ1v) is 6.47. The summed E-state index contributed by atoms with van der Waals surface area (Å²) >= 11 is 0. The molecule has 6 nitrogen and oxygen atoms in total. The third-order valence-electron chi connectivity index (χ3n) is 3.45. The summed E-state index contributed by atoms with van der Waals surface area (Å²) in [6.45, 7) is 0.571. The number of phenols is 3. The van der Waals surface area contributed by atoms with Crippen molar-refractivity contribution in [3.63, 3.8) is 0 Å². The fourth-order valence-corrected chi connectivity index (χ4v) is 2.42. The lowest BCUT2D eigenvalue weighted by molar-refractivity contribution is 0.257. The number of urea groups is 1. The first-order chi connectivity index (χ1) is 10.1. The molecule has 1 aliphatic rings. The number of nitrogens with zero attached hydrogens (tertiary/aromatic N) is 1. The van der Waals surface area contributed by atoms with E-state index in [-0.39, 0.29) is 11.7 Å². The molecule has 0 aliphatic carbocycles. The highest BCUT2D eigenvalue weighted by Gasteiger charge is 2.24. The zero-order valence-corrected chi connectivity index (χ0v) is 11.1. The summed E-state index contributed by atoms with van der Waals surface area (Å²) < 4.78 is 0. The highest BCUT2D eigenvalue weighted by molar-refractivity contribution is 6.03. The lowest BCUT2D eigenvalue weighted by Gasteiger charge is -2.18. The van der Waals surface area contributed by atoms with Gasteiger partial charge < -0.3 is 20.6 Å². The quantitative estimate of drug-likeness (QED) is 0.478. The van der Waals surface area contributed by atoms with Gasteiger partial charge in [-0.2, -0.15) is 0 Å². The Kier molecular flexibility index (Phi) is 3.06. The van der Waals surface area contributed by atoms with E-state index in [1.807, 2.05) is 24.3 Å². The van der Waals surface area contributed by atoms with Gasteiger partial charge in [-0.15, -0.1) is 0 Å². The summed E-state index contributed by atoms with van der Waals surface area (Å²) in [7, 11) is 0. The van der Waals surface area contributed by atoms with Crippen molar-refractivity contribution in [1.29, 1.82) is 0 Å². The van der Waals surface area contributed by atoms with Crippen LogP contribution in [0.1, 0.15) is 5.56 Å². The van der Waals surface area contributed by atoms with E-state index in [9.17, 15) is 20.1 Å². The minimum atomic E-state index is -0.612. The predicted octanol–water partition coefficient (Wildman–Crippen LogP) is 2.40. The van der Waals surface area contributed by atoms with Crippen molar-refractivity contribution in [2.75, 3.05) is 16.8 Å². The molecule has 0 unspecified atom stereocenters. The number of anilines is 2. The maximum atomic E-state index is 12.3. The molecular formula is C15H14N2O4. The van der Waals surface area contributed by atoms with Crippen LogP contribution in [0.25, 0.3) is 0 Å². The maximum absolute atomic E-state index is 12.3. The average Bonchev–Trinajstić information content (AvgIpc) is 2.88. The number of hydrogen-bond donors (Lipinski definition) is 4. The summed E-state index contributed by atoms with van der Waals surface area (Å²) in [5.41, 5.74) is 2.16. The van der Waals surface area contributed by atoms with Gasteiger partial charge in [0.2, 0.25) is 0 Å². The van der Waals surface area contributed by atoms with Crippen LogP contribution in [-0.2, 0) is 6.42 Å². The molecule has 3 rings (SSSR count). The number of carbonyl (C=O) groups is 1. The normalized spacial score (nSPS) is 13.0. The van der Waals surface area contributed by atoms with E-state index >= 15 is 0 Å². The van der Waals surface area contributed by atoms with E-state index in [1.165, 1.54) is 12.1 Å². The standard InChI is InChI=1S/C15H14N2O4/c18-12-7-10(8-13(19)14(12)20)16-15(21)17-6-5-9-3-1-2-4-11(9)17/h1-4,7-8,18-20H,5-6H2,(H,16,21). The third-order valence-corrected chi connectivity index (χ3v) is 3.45. The van der Waals surface area contributed by atoms with Crippen molar-refractivity contribution < 1.29 is 20.1 Å². The number of hydrogen-bond acceptors (Lipinski definition) is 4. The number of rotatable bonds is 1. The van der Waals surface area contributed by atoms with Gasteiger partial charge in [-0.05, 0) is 18.1 Å². The molecule has 4 N–H and O–H groups in total. The summed E-state index contributed by atoms with van der Waals surface area (Å²) in [5, 5.41) is 30.8. The average molecular weight is 286 g/mol. The largest absolute Gasteiger partial charge is 0.504 e. The van der Waals surface area contributed by atoms with Crippen LogP contribution in [0.5, 0.6) is 17.2 Å². The lowest BCUT2D eigenvalue weighted by Crippen LogP contribution is -2.33. The molecule has 6 heteroatoms. The third kappa shape index (κ3) is 2.31. The number of fused-ring (bicyclic) bond motifs is 1. The first-order valence-electron chi connectivity index (χ1n) is 6.47. The number of aromatic hydroxyl groups is 3. The van der Waals surface area contributed by atoms with Gasteiger partial charge >= 0.3 is 6.03 Å². The van der Waals surface area contributed by atoms with E-state index in [4.69, 9.17) is 0 Å². The van der Waals surface area contributed by atoms with E-state index in [0.717, 1.165) is 17.7 Å². The van der Waals surface area contributed by atoms with E-state index in [1.54, 1.807) is 4.90 Å². The molecule has 0 bridgehead atoms. The van der Waals surface area contributed by atoms with E-state index in [2.05, 4.69) is 5.32 Å². The second kappa shape index (κ2) is 4.90. The highest BCUT2D eigenvalue weighted by Crippen LogP contribution is 2.37. The molecule has 0 fully saturated rings. The van der Waals surface area contributed by atoms with Gasteiger partial charge in [0.25, 0.3) is 0 Å². The van der Waals surface area contributed by atoms with Crippen molar-refractivity contribution in [1.82, 2.24) is 0 Å². The monoisotopic (exact) mass is 286 g/mol. The molecular weight excluding hydrogens is 272 g/mol. The topological polar surface area (TPSA) is 93.0 Å². The molecule has 1 heterocycles. The van der Waals surface area contributed by atoms with Crippen molar-refractivity contribution in [3.8, 4) is 17.2 Å². The van der Waals surface area contributed by atoms with Crippen LogP contribution in [0.4, 0.5) is 16.2 Å². The number of para-hydroxylation sites is 1. The molecule has 0 atom stereocenters. The smallest absolute Gasteiger partial charge is 0.326 e. The molecule has 0 aromatic heterocycles. The van der Waals surface area contributed by atoms with Crippen LogP contribution < -0.4 is 10.2 Å². The summed E-state index contributed by atoms with van der Waals surface area (Å²) in [4.78, 5) is 13.9. The number of amides is 2. The Hall–Kier alpha value is -2.89. The summed E-state index contributed by atoms with van der Waals surface area (Å²) in [5.74, 6) is -1.60. The fourth-order valence-electron chi connectivity index (χ4n) is 2.42. The molecule has 0 spiro atoms. The minimum absolute atomic E-state index is 0.206. The molecule has 21 heavy (non-hydrogen) atoms. The van der Waals surface area contributed by atoms with Crippen LogP contribution >= 0.6 is 0 Å². The number of carbonyl (C=O) groups excluding carboxylic acids is 1. The van der Waals surface area contributed by atoms with Crippen LogP contribution in [0.15, 0.2) is 36.4 Å². The molecule has 1 aliphatic heterocycles. The number of nitrogens with one attached hydrogen (secondary N) is 1. The maximum Gasteiger partial charge on any atom is 0.326 e. The molecule has 2 amide bonds. The van der Waals surface area contributed by atoms with Crippen molar-refractivity contribution in [2.24, 2.45) is 0 Å². The Morgan fingerprint density at radius 3 is 2.48 bits per heavy atom. The Balaban J connectivity index is 1.82. The molecule has 0 saturated carbocycles. The Morgan fingerprint density at radius 1 is 1.10 bits per heavy atom. The van der Waals surface area contributed by atoms with Gasteiger partial charge in [0.15, 0.2) is 17.2 Å². The van der Waals surface area contributed by atoms with Gasteiger partial charge in [-0.1, -0.05) is 18.2 Å². The van der Waals surface area contributed by atoms with Crippen LogP contribution in [-0.4, -0.2) is 27.9 Å². The molecule has 108 valence electrons. The second-order valence-corrected chi connectivity index (χ2v) is 4.82. The minimum Gasteiger partial charge on any atom is -0.504 e. The predicted molar refractivity (Wildman–Crippen MR) is 77.9 cm³/mol. The summed E-state index contributed by atoms with van der Waals surface area (Å²) in [6.07, 6.45) is 0.787. The van der Waals surface area contributed by atoms with Gasteiger partial charge in [-0.3, -0.25) is 4.90 Å². The fraction of sp³-hybridized carbons (Fsp3) is 0.133. The van der Waals surface area contributed by atoms with Crippen molar-refractivity contribution >= 4 is 17.4 Å². The zero-order chi connectivity index (χ0) is 15.0. The van der Waals surface area contributed by atoms with Crippen molar-refractivity contribution in [2.45, 2.75) is 6.42 Å². The Morgan fingerprint density at radius 2 is 1.76 bits per heavy atom. The van der Waals surface area contributed by atoms with Gasteiger partial charge in [0.1, 0.15) is 0 Å². The molecule has 0 saturated heterocycles. The lowest BCUT2D eigenvalue weighted by atomic mass is 10.2. The van der Waals surface area contributed by atoms with Gasteiger partial charge in [0.05, 0.1) is 5.69 Å². The Bertz CT molecular complexity index is 692. The van der Waals surface area contributed by atoms with Crippen LogP contribution in [0, 0.1) is 0 Å². The second-order valence-electron chi connectivity index (χ2n) is 4.82. The Labute approximate surface area is 120 Å². The van der Waals surface area contributed by atoms with Crippen LogP contribution in [0.3, 0.4) is 0 Å². The van der Waals surface area contributed by atoms with Gasteiger partial charge in [-0.25, -0.2) is 4.79 Å². The van der Waals surface area contributed by atoms with Gasteiger partial charge in [0, 0.05) is 24.4 Å². The first kappa shape index (κ1) is 13.1. The SMILES string of the molecule is O=C(Nc1cc(O)c(O)c(O)c1)N1CCc2ccccc21. The van der Waals surface area contributed by atoms with E-state index in [0.29, 0.717) is 6.54 Å². The molecule has 2 aromatic rings. The van der Waals surface area contributed by atoms with Crippen molar-refractivity contribution in [3.05, 3.63) is 42.0 Å². The molecule has 0 radical (unpaired) electrons. The van der Waals surface area contributed by atoms with E-state index < -0.39 is 17.2 Å². The number of benzene rings is 2. The summed E-state index contributed by atoms with van der Waals surface area (Å²) in [6, 6.07) is 9.63. The zero-order valence-electron chi connectivity index (χ0n) is 11.1.